The van der Waals surface area contributed by atoms with Crippen molar-refractivity contribution in [3.63, 3.8) is 0 Å². The first-order valence-corrected chi connectivity index (χ1v) is 8.60. The summed E-state index contributed by atoms with van der Waals surface area (Å²) in [7, 11) is -3.10. The molecule has 1 aromatic heterocycles. The van der Waals surface area contributed by atoms with E-state index in [0.29, 0.717) is 11.3 Å². The SMILES string of the molecule is CCS(=O)(=O)CCn1c(C(C)Cl)nc2c(F)cccc21. The highest BCUT2D eigenvalue weighted by atomic mass is 35.5. The molecular formula is C13H16ClFN2O2S. The number of imidazole rings is 1. The van der Waals surface area contributed by atoms with Crippen LogP contribution in [0.25, 0.3) is 11.0 Å². The molecule has 1 heterocycles. The Kier molecular flexibility index (Phi) is 4.34. The average molecular weight is 319 g/mol. The maximum absolute atomic E-state index is 13.7. The summed E-state index contributed by atoms with van der Waals surface area (Å²) in [5.74, 6) is 0.123. The van der Waals surface area contributed by atoms with Gasteiger partial charge in [0.05, 0.1) is 16.6 Å². The van der Waals surface area contributed by atoms with Crippen LogP contribution < -0.4 is 0 Å². The Morgan fingerprint density at radius 2 is 2.15 bits per heavy atom. The minimum atomic E-state index is -3.10. The third-order valence-electron chi connectivity index (χ3n) is 3.18. The number of aromatic nitrogens is 2. The van der Waals surface area contributed by atoms with Crippen molar-refractivity contribution in [3.05, 3.63) is 29.8 Å². The van der Waals surface area contributed by atoms with E-state index in [-0.39, 0.29) is 23.6 Å². The smallest absolute Gasteiger partial charge is 0.151 e. The van der Waals surface area contributed by atoms with Gasteiger partial charge in [-0.25, -0.2) is 17.8 Å². The number of hydrogen-bond donors (Lipinski definition) is 0. The van der Waals surface area contributed by atoms with Gasteiger partial charge in [-0.3, -0.25) is 0 Å². The van der Waals surface area contributed by atoms with E-state index in [1.165, 1.54) is 6.07 Å². The van der Waals surface area contributed by atoms with Gasteiger partial charge < -0.3 is 4.57 Å². The van der Waals surface area contributed by atoms with Gasteiger partial charge in [0, 0.05) is 12.3 Å². The largest absolute Gasteiger partial charge is 0.326 e. The van der Waals surface area contributed by atoms with Gasteiger partial charge >= 0.3 is 0 Å². The number of benzene rings is 1. The fourth-order valence-electron chi connectivity index (χ4n) is 2.04. The summed E-state index contributed by atoms with van der Waals surface area (Å²) in [5, 5.41) is -0.425. The van der Waals surface area contributed by atoms with E-state index in [2.05, 4.69) is 4.98 Å². The number of para-hydroxylation sites is 1. The van der Waals surface area contributed by atoms with Gasteiger partial charge in [-0.15, -0.1) is 11.6 Å². The van der Waals surface area contributed by atoms with Crippen LogP contribution in [0.2, 0.25) is 0 Å². The summed E-state index contributed by atoms with van der Waals surface area (Å²) in [6.07, 6.45) is 0. The van der Waals surface area contributed by atoms with Crippen molar-refractivity contribution in [1.82, 2.24) is 9.55 Å². The van der Waals surface area contributed by atoms with Crippen molar-refractivity contribution >= 4 is 32.5 Å². The highest BCUT2D eigenvalue weighted by Gasteiger charge is 2.18. The molecule has 0 aliphatic rings. The van der Waals surface area contributed by atoms with E-state index >= 15 is 0 Å². The van der Waals surface area contributed by atoms with Crippen molar-refractivity contribution in [1.29, 1.82) is 0 Å². The van der Waals surface area contributed by atoms with Crippen LogP contribution in [-0.2, 0) is 16.4 Å². The van der Waals surface area contributed by atoms with E-state index in [9.17, 15) is 12.8 Å². The number of halogens is 2. The molecule has 0 spiro atoms. The van der Waals surface area contributed by atoms with Gasteiger partial charge in [-0.1, -0.05) is 13.0 Å². The van der Waals surface area contributed by atoms with Gasteiger partial charge in [0.1, 0.15) is 11.3 Å². The summed E-state index contributed by atoms with van der Waals surface area (Å²) in [6, 6.07) is 4.62. The molecule has 4 nitrogen and oxygen atoms in total. The fraction of sp³-hybridized carbons (Fsp3) is 0.462. The van der Waals surface area contributed by atoms with Crippen LogP contribution in [-0.4, -0.2) is 29.5 Å². The minimum absolute atomic E-state index is 0.0118. The Morgan fingerprint density at radius 3 is 2.75 bits per heavy atom. The standard InChI is InChI=1S/C13H16ClFN2O2S/c1-3-20(18,19)8-7-17-11-6-4-5-10(15)12(11)16-13(17)9(2)14/h4-6,9H,3,7-8H2,1-2H3. The number of hydrogen-bond acceptors (Lipinski definition) is 3. The highest BCUT2D eigenvalue weighted by Crippen LogP contribution is 2.26. The van der Waals surface area contributed by atoms with Crippen molar-refractivity contribution in [2.75, 3.05) is 11.5 Å². The quantitative estimate of drug-likeness (QED) is 0.796. The second kappa shape index (κ2) is 5.69. The molecular weight excluding hydrogens is 303 g/mol. The molecule has 0 saturated carbocycles. The second-order valence-corrected chi connectivity index (χ2v) is 7.71. The summed E-state index contributed by atoms with van der Waals surface area (Å²) < 4.78 is 38.7. The lowest BCUT2D eigenvalue weighted by atomic mass is 10.3. The molecule has 7 heteroatoms. The maximum Gasteiger partial charge on any atom is 0.151 e. The van der Waals surface area contributed by atoms with E-state index in [0.717, 1.165) is 0 Å². The van der Waals surface area contributed by atoms with Crippen molar-refractivity contribution in [2.24, 2.45) is 0 Å². The van der Waals surface area contributed by atoms with Crippen LogP contribution in [0.1, 0.15) is 25.0 Å². The van der Waals surface area contributed by atoms with Crippen molar-refractivity contribution in [2.45, 2.75) is 25.8 Å². The van der Waals surface area contributed by atoms with E-state index in [1.54, 1.807) is 30.5 Å². The lowest BCUT2D eigenvalue weighted by Crippen LogP contribution is -2.16. The zero-order valence-corrected chi connectivity index (χ0v) is 12.9. The van der Waals surface area contributed by atoms with E-state index < -0.39 is 21.0 Å². The molecule has 2 aromatic rings. The first-order chi connectivity index (χ1) is 9.35. The molecule has 0 saturated heterocycles. The Labute approximate surface area is 122 Å². The van der Waals surface area contributed by atoms with Crippen LogP contribution in [0.15, 0.2) is 18.2 Å². The first-order valence-electron chi connectivity index (χ1n) is 6.35. The van der Waals surface area contributed by atoms with E-state index in [4.69, 9.17) is 11.6 Å². The first kappa shape index (κ1) is 15.3. The van der Waals surface area contributed by atoms with Crippen molar-refractivity contribution in [3.8, 4) is 0 Å². The Hall–Kier alpha value is -1.14. The lowest BCUT2D eigenvalue weighted by Gasteiger charge is -2.10. The fourth-order valence-corrected chi connectivity index (χ4v) is 2.96. The maximum atomic E-state index is 13.7. The third kappa shape index (κ3) is 2.96. The summed E-state index contributed by atoms with van der Waals surface area (Å²) in [6.45, 7) is 3.56. The molecule has 1 unspecified atom stereocenters. The molecule has 0 fully saturated rings. The summed E-state index contributed by atoms with van der Waals surface area (Å²) >= 11 is 6.06. The Bertz CT molecular complexity index is 725. The summed E-state index contributed by atoms with van der Waals surface area (Å²) in [5.41, 5.74) is 0.794. The van der Waals surface area contributed by atoms with Gasteiger partial charge in [-0.2, -0.15) is 0 Å². The molecule has 20 heavy (non-hydrogen) atoms. The molecule has 2 rings (SSSR count). The Balaban J connectivity index is 2.50. The van der Waals surface area contributed by atoms with Crippen molar-refractivity contribution < 1.29 is 12.8 Å². The normalized spacial score (nSPS) is 13.8. The van der Waals surface area contributed by atoms with Gasteiger partial charge in [0.2, 0.25) is 0 Å². The monoisotopic (exact) mass is 318 g/mol. The van der Waals surface area contributed by atoms with E-state index in [1.807, 2.05) is 0 Å². The second-order valence-electron chi connectivity index (χ2n) is 4.58. The number of fused-ring (bicyclic) bond motifs is 1. The molecule has 0 bridgehead atoms. The topological polar surface area (TPSA) is 52.0 Å². The molecule has 0 aliphatic heterocycles. The number of rotatable bonds is 5. The Morgan fingerprint density at radius 1 is 1.45 bits per heavy atom. The number of alkyl halides is 1. The molecule has 0 aliphatic carbocycles. The van der Waals surface area contributed by atoms with Gasteiger partial charge in [0.25, 0.3) is 0 Å². The molecule has 1 atom stereocenters. The minimum Gasteiger partial charge on any atom is -0.326 e. The predicted molar refractivity (Wildman–Crippen MR) is 78.3 cm³/mol. The zero-order chi connectivity index (χ0) is 14.9. The molecule has 1 aromatic carbocycles. The molecule has 0 amide bonds. The third-order valence-corrected chi connectivity index (χ3v) is 5.06. The lowest BCUT2D eigenvalue weighted by molar-refractivity contribution is 0.589. The van der Waals surface area contributed by atoms with Crippen LogP contribution in [0.3, 0.4) is 0 Å². The molecule has 0 N–H and O–H groups in total. The number of nitrogens with zero attached hydrogens (tertiary/aromatic N) is 2. The van der Waals surface area contributed by atoms with Crippen LogP contribution in [0.4, 0.5) is 4.39 Å². The van der Waals surface area contributed by atoms with Crippen LogP contribution in [0, 0.1) is 5.82 Å². The average Bonchev–Trinajstić information content (AvgIpc) is 2.77. The van der Waals surface area contributed by atoms with Crippen LogP contribution in [0.5, 0.6) is 0 Å². The van der Waals surface area contributed by atoms with Gasteiger partial charge in [0.15, 0.2) is 15.7 Å². The summed E-state index contributed by atoms with van der Waals surface area (Å²) in [4.78, 5) is 4.20. The van der Waals surface area contributed by atoms with Crippen LogP contribution >= 0.6 is 11.6 Å². The highest BCUT2D eigenvalue weighted by molar-refractivity contribution is 7.91. The molecule has 0 radical (unpaired) electrons. The number of aryl methyl sites for hydroxylation is 1. The predicted octanol–water partition coefficient (Wildman–Crippen LogP) is 2.91. The van der Waals surface area contributed by atoms with Gasteiger partial charge in [-0.05, 0) is 19.1 Å². The zero-order valence-electron chi connectivity index (χ0n) is 11.3. The molecule has 110 valence electrons. The number of sulfone groups is 1.